The Labute approximate surface area is 169 Å². The smallest absolute Gasteiger partial charge is 0.271 e. The Bertz CT molecular complexity index is 1020. The second-order valence-electron chi connectivity index (χ2n) is 7.23. The first-order valence-electron chi connectivity index (χ1n) is 9.76. The molecule has 1 aliphatic rings. The largest absolute Gasteiger partial charge is 0.494 e. The number of hydrogen-bond donors (Lipinski definition) is 1. The van der Waals surface area contributed by atoms with Crippen LogP contribution in [-0.2, 0) is 0 Å². The van der Waals surface area contributed by atoms with E-state index in [-0.39, 0.29) is 28.6 Å². The van der Waals surface area contributed by atoms with Gasteiger partial charge >= 0.3 is 0 Å². The van der Waals surface area contributed by atoms with E-state index < -0.39 is 11.3 Å². The molecule has 2 aromatic rings. The fourth-order valence-electron chi connectivity index (χ4n) is 3.87. The molecule has 0 aliphatic heterocycles. The molecule has 29 heavy (non-hydrogen) atoms. The van der Waals surface area contributed by atoms with Crippen LogP contribution in [0.5, 0.6) is 11.6 Å². The van der Waals surface area contributed by atoms with E-state index in [2.05, 4.69) is 6.58 Å². The summed E-state index contributed by atoms with van der Waals surface area (Å²) in [5.74, 6) is -0.195. The zero-order valence-electron chi connectivity index (χ0n) is 16.5. The Balaban J connectivity index is 2.08. The molecular weight excluding hydrogens is 368 g/mol. The monoisotopic (exact) mass is 392 g/mol. The van der Waals surface area contributed by atoms with Crippen LogP contribution in [0.15, 0.2) is 41.7 Å². The number of ether oxygens (including phenoxy) is 1. The number of carbonyl (C=O) groups excluding carboxylic acids is 1. The van der Waals surface area contributed by atoms with Gasteiger partial charge in [0.2, 0.25) is 5.88 Å². The molecule has 6 heteroatoms. The van der Waals surface area contributed by atoms with E-state index in [4.69, 9.17) is 4.74 Å². The lowest BCUT2D eigenvalue weighted by Crippen LogP contribution is -2.31. The van der Waals surface area contributed by atoms with Gasteiger partial charge < -0.3 is 9.84 Å². The number of ketones is 1. The van der Waals surface area contributed by atoms with Gasteiger partial charge in [-0.05, 0) is 49.6 Å². The molecule has 1 fully saturated rings. The summed E-state index contributed by atoms with van der Waals surface area (Å²) < 4.78 is 6.68. The van der Waals surface area contributed by atoms with E-state index >= 15 is 0 Å². The number of aromatic nitrogens is 1. The highest BCUT2D eigenvalue weighted by molar-refractivity contribution is 6.11. The van der Waals surface area contributed by atoms with E-state index in [0.717, 1.165) is 32.1 Å². The number of nitriles is 1. The third-order valence-corrected chi connectivity index (χ3v) is 5.40. The van der Waals surface area contributed by atoms with Gasteiger partial charge in [0.1, 0.15) is 24.0 Å². The van der Waals surface area contributed by atoms with Gasteiger partial charge in [0.05, 0.1) is 5.56 Å². The molecule has 0 unspecified atom stereocenters. The lowest BCUT2D eigenvalue weighted by atomic mass is 9.93. The fourth-order valence-corrected chi connectivity index (χ4v) is 3.87. The Hall–Kier alpha value is -3.33. The van der Waals surface area contributed by atoms with Crippen molar-refractivity contribution >= 4 is 5.78 Å². The third kappa shape index (κ3) is 3.95. The van der Waals surface area contributed by atoms with Crippen molar-refractivity contribution in [2.45, 2.75) is 45.1 Å². The van der Waals surface area contributed by atoms with Gasteiger partial charge in [-0.15, -0.1) is 0 Å². The maximum Gasteiger partial charge on any atom is 0.271 e. The standard InChI is InChI=1S/C23H24N2O4/c1-3-13-29-18-11-9-16(10-12-18)21(26)20-15(2)19(14-24)22(27)25(23(20)28)17-7-5-4-6-8-17/h3,9-12,17,28H,1,4-8,13H2,2H3. The summed E-state index contributed by atoms with van der Waals surface area (Å²) in [6.07, 6.45) is 6.08. The van der Waals surface area contributed by atoms with Crippen LogP contribution in [0.25, 0.3) is 0 Å². The van der Waals surface area contributed by atoms with E-state index in [0.29, 0.717) is 17.9 Å². The Kier molecular flexibility index (Phi) is 6.18. The molecule has 1 aliphatic carbocycles. The molecule has 1 aromatic heterocycles. The van der Waals surface area contributed by atoms with Gasteiger partial charge in [0.25, 0.3) is 5.56 Å². The SMILES string of the molecule is C=CCOc1ccc(C(=O)c2c(C)c(C#N)c(=O)n(C3CCCCC3)c2O)cc1. The Morgan fingerprint density at radius 3 is 2.55 bits per heavy atom. The minimum absolute atomic E-state index is 0.00600. The molecule has 1 heterocycles. The molecule has 0 radical (unpaired) electrons. The van der Waals surface area contributed by atoms with Crippen LogP contribution >= 0.6 is 0 Å². The van der Waals surface area contributed by atoms with Gasteiger partial charge in [0, 0.05) is 11.6 Å². The number of aromatic hydroxyl groups is 1. The molecular formula is C23H24N2O4. The molecule has 3 rings (SSSR count). The molecule has 150 valence electrons. The van der Waals surface area contributed by atoms with Crippen molar-refractivity contribution in [3.8, 4) is 17.7 Å². The molecule has 0 spiro atoms. The lowest BCUT2D eigenvalue weighted by Gasteiger charge is -2.26. The summed E-state index contributed by atoms with van der Waals surface area (Å²) in [6, 6.07) is 8.23. The van der Waals surface area contributed by atoms with Crippen LogP contribution in [0.2, 0.25) is 0 Å². The van der Waals surface area contributed by atoms with Crippen molar-refractivity contribution in [3.63, 3.8) is 0 Å². The molecule has 1 aromatic carbocycles. The van der Waals surface area contributed by atoms with Gasteiger partial charge in [0.15, 0.2) is 5.78 Å². The topological polar surface area (TPSA) is 92.3 Å². The number of pyridine rings is 1. The minimum atomic E-state index is -0.529. The van der Waals surface area contributed by atoms with Crippen LogP contribution in [0.4, 0.5) is 0 Å². The second kappa shape index (κ2) is 8.78. The summed E-state index contributed by atoms with van der Waals surface area (Å²) in [7, 11) is 0. The number of benzene rings is 1. The highest BCUT2D eigenvalue weighted by atomic mass is 16.5. The van der Waals surface area contributed by atoms with Crippen molar-refractivity contribution in [1.82, 2.24) is 4.57 Å². The maximum atomic E-state index is 13.2. The molecule has 0 bridgehead atoms. The summed E-state index contributed by atoms with van der Waals surface area (Å²) >= 11 is 0. The molecule has 0 amide bonds. The summed E-state index contributed by atoms with van der Waals surface area (Å²) in [4.78, 5) is 26.0. The van der Waals surface area contributed by atoms with Crippen LogP contribution in [-0.4, -0.2) is 22.1 Å². The quantitative estimate of drug-likeness (QED) is 0.592. The average Bonchev–Trinajstić information content (AvgIpc) is 2.73. The molecule has 0 saturated heterocycles. The van der Waals surface area contributed by atoms with E-state index in [1.165, 1.54) is 11.5 Å². The second-order valence-corrected chi connectivity index (χ2v) is 7.23. The van der Waals surface area contributed by atoms with Crippen LogP contribution in [0.3, 0.4) is 0 Å². The van der Waals surface area contributed by atoms with Crippen molar-refractivity contribution < 1.29 is 14.6 Å². The normalized spacial score (nSPS) is 14.2. The summed E-state index contributed by atoms with van der Waals surface area (Å²) in [5.41, 5.74) is -0.0700. The Morgan fingerprint density at radius 2 is 1.97 bits per heavy atom. The Morgan fingerprint density at radius 1 is 1.31 bits per heavy atom. The number of carbonyl (C=O) groups is 1. The van der Waals surface area contributed by atoms with Gasteiger partial charge in [-0.25, -0.2) is 0 Å². The van der Waals surface area contributed by atoms with Crippen molar-refractivity contribution in [1.29, 1.82) is 5.26 Å². The predicted molar refractivity (Wildman–Crippen MR) is 110 cm³/mol. The van der Waals surface area contributed by atoms with Gasteiger partial charge in [-0.1, -0.05) is 31.9 Å². The zero-order chi connectivity index (χ0) is 21.0. The number of hydrogen-bond acceptors (Lipinski definition) is 5. The van der Waals surface area contributed by atoms with Gasteiger partial charge in [-0.2, -0.15) is 5.26 Å². The number of nitrogens with zero attached hydrogens (tertiary/aromatic N) is 2. The zero-order valence-corrected chi connectivity index (χ0v) is 16.5. The number of rotatable bonds is 6. The van der Waals surface area contributed by atoms with Gasteiger partial charge in [-0.3, -0.25) is 14.2 Å². The van der Waals surface area contributed by atoms with Crippen molar-refractivity contribution in [3.05, 3.63) is 69.5 Å². The van der Waals surface area contributed by atoms with Crippen LogP contribution in [0, 0.1) is 18.3 Å². The lowest BCUT2D eigenvalue weighted by molar-refractivity contribution is 0.103. The third-order valence-electron chi connectivity index (χ3n) is 5.40. The molecule has 1 N–H and O–H groups in total. The molecule has 0 atom stereocenters. The predicted octanol–water partition coefficient (Wildman–Crippen LogP) is 4.04. The van der Waals surface area contributed by atoms with Crippen LogP contribution in [0.1, 0.15) is 65.2 Å². The highest BCUT2D eigenvalue weighted by Crippen LogP contribution is 2.33. The first kappa shape index (κ1) is 20.4. The molecule has 1 saturated carbocycles. The highest BCUT2D eigenvalue weighted by Gasteiger charge is 2.28. The van der Waals surface area contributed by atoms with Crippen LogP contribution < -0.4 is 10.3 Å². The average molecular weight is 392 g/mol. The first-order valence-corrected chi connectivity index (χ1v) is 9.76. The van der Waals surface area contributed by atoms with E-state index in [1.54, 1.807) is 30.3 Å². The van der Waals surface area contributed by atoms with E-state index in [1.807, 2.05) is 6.07 Å². The van der Waals surface area contributed by atoms with E-state index in [9.17, 15) is 20.0 Å². The first-order chi connectivity index (χ1) is 14.0. The minimum Gasteiger partial charge on any atom is -0.494 e. The van der Waals surface area contributed by atoms with Crippen molar-refractivity contribution in [2.75, 3.05) is 6.61 Å². The fraction of sp³-hybridized carbons (Fsp3) is 0.348. The maximum absolute atomic E-state index is 13.2. The summed E-state index contributed by atoms with van der Waals surface area (Å²) in [5, 5.41) is 20.4. The molecule has 6 nitrogen and oxygen atoms in total. The summed E-state index contributed by atoms with van der Waals surface area (Å²) in [6.45, 7) is 5.47. The van der Waals surface area contributed by atoms with Crippen molar-refractivity contribution in [2.24, 2.45) is 0 Å².